The largest absolute Gasteiger partial charge is 0.0648 e. The highest BCUT2D eigenvalue weighted by Gasteiger charge is 2.04. The Bertz CT molecular complexity index is 216. The van der Waals surface area contributed by atoms with Crippen molar-refractivity contribution < 1.29 is 0 Å². The van der Waals surface area contributed by atoms with E-state index in [1.54, 1.807) is 0 Å². The predicted molar refractivity (Wildman–Crippen MR) is 54.5 cm³/mol. The molecule has 0 aromatic heterocycles. The van der Waals surface area contributed by atoms with Crippen molar-refractivity contribution in [3.8, 4) is 0 Å². The third-order valence-corrected chi connectivity index (χ3v) is 2.53. The maximum absolute atomic E-state index is 2.26. The van der Waals surface area contributed by atoms with Gasteiger partial charge in [0.1, 0.15) is 0 Å². The SMILES string of the molecule is CCC(CC)c1ccc(C)cc1. The van der Waals surface area contributed by atoms with Crippen molar-refractivity contribution in [1.29, 1.82) is 0 Å². The Morgan fingerprint density at radius 2 is 1.50 bits per heavy atom. The van der Waals surface area contributed by atoms with Gasteiger partial charge < -0.3 is 0 Å². The summed E-state index contributed by atoms with van der Waals surface area (Å²) in [7, 11) is 0. The monoisotopic (exact) mass is 162 g/mol. The molecule has 1 aromatic rings. The van der Waals surface area contributed by atoms with Gasteiger partial charge in [-0.05, 0) is 31.2 Å². The molecule has 12 heavy (non-hydrogen) atoms. The van der Waals surface area contributed by atoms with Crippen LogP contribution in [-0.2, 0) is 0 Å². The van der Waals surface area contributed by atoms with Gasteiger partial charge in [-0.3, -0.25) is 0 Å². The van der Waals surface area contributed by atoms with Gasteiger partial charge in [-0.25, -0.2) is 0 Å². The molecule has 0 N–H and O–H groups in total. The maximum atomic E-state index is 2.26. The summed E-state index contributed by atoms with van der Waals surface area (Å²) >= 11 is 0. The summed E-state index contributed by atoms with van der Waals surface area (Å²) in [6, 6.07) is 8.92. The van der Waals surface area contributed by atoms with Crippen LogP contribution in [0, 0.1) is 6.92 Å². The first-order valence-corrected chi connectivity index (χ1v) is 4.84. The lowest BCUT2D eigenvalue weighted by Crippen LogP contribution is -1.94. The van der Waals surface area contributed by atoms with Crippen LogP contribution in [0.25, 0.3) is 0 Å². The molecule has 0 heteroatoms. The van der Waals surface area contributed by atoms with Gasteiger partial charge in [-0.15, -0.1) is 0 Å². The second-order valence-corrected chi connectivity index (χ2v) is 3.42. The van der Waals surface area contributed by atoms with E-state index in [2.05, 4.69) is 45.0 Å². The Morgan fingerprint density at radius 3 is 1.92 bits per heavy atom. The lowest BCUT2D eigenvalue weighted by atomic mass is 9.93. The minimum absolute atomic E-state index is 0.755. The predicted octanol–water partition coefficient (Wildman–Crippen LogP) is 3.90. The van der Waals surface area contributed by atoms with E-state index in [1.165, 1.54) is 24.0 Å². The van der Waals surface area contributed by atoms with Crippen molar-refractivity contribution >= 4 is 0 Å². The van der Waals surface area contributed by atoms with Gasteiger partial charge in [0, 0.05) is 0 Å². The Hall–Kier alpha value is -0.780. The molecule has 1 aromatic carbocycles. The topological polar surface area (TPSA) is 0 Å². The molecular weight excluding hydrogens is 144 g/mol. The molecule has 0 aliphatic heterocycles. The smallest absolute Gasteiger partial charge is 0.0167 e. The van der Waals surface area contributed by atoms with Crippen LogP contribution in [0.15, 0.2) is 24.3 Å². The van der Waals surface area contributed by atoms with Crippen LogP contribution in [0.3, 0.4) is 0 Å². The molecule has 0 heterocycles. The van der Waals surface area contributed by atoms with Crippen molar-refractivity contribution in [2.24, 2.45) is 0 Å². The average Bonchev–Trinajstić information content (AvgIpc) is 2.10. The molecule has 0 bridgehead atoms. The number of hydrogen-bond acceptors (Lipinski definition) is 0. The molecule has 0 radical (unpaired) electrons. The zero-order chi connectivity index (χ0) is 8.97. The van der Waals surface area contributed by atoms with E-state index in [0.29, 0.717) is 0 Å². The first-order valence-electron chi connectivity index (χ1n) is 4.84. The van der Waals surface area contributed by atoms with Crippen LogP contribution >= 0.6 is 0 Å². The van der Waals surface area contributed by atoms with Crippen molar-refractivity contribution in [2.75, 3.05) is 0 Å². The number of hydrogen-bond donors (Lipinski definition) is 0. The van der Waals surface area contributed by atoms with Crippen LogP contribution in [0.5, 0.6) is 0 Å². The Labute approximate surface area is 75.6 Å². The second-order valence-electron chi connectivity index (χ2n) is 3.42. The molecule has 0 unspecified atom stereocenters. The fraction of sp³-hybridized carbons (Fsp3) is 0.500. The lowest BCUT2D eigenvalue weighted by Gasteiger charge is -2.12. The van der Waals surface area contributed by atoms with E-state index < -0.39 is 0 Å². The Kier molecular flexibility index (Phi) is 3.33. The van der Waals surface area contributed by atoms with Gasteiger partial charge in [0.2, 0.25) is 0 Å². The fourth-order valence-corrected chi connectivity index (χ4v) is 1.60. The highest BCUT2D eigenvalue weighted by molar-refractivity contribution is 5.24. The van der Waals surface area contributed by atoms with Gasteiger partial charge in [0.05, 0.1) is 0 Å². The summed E-state index contributed by atoms with van der Waals surface area (Å²) in [4.78, 5) is 0. The van der Waals surface area contributed by atoms with E-state index in [4.69, 9.17) is 0 Å². The number of rotatable bonds is 3. The zero-order valence-electron chi connectivity index (χ0n) is 8.30. The third kappa shape index (κ3) is 2.10. The van der Waals surface area contributed by atoms with Gasteiger partial charge in [0.15, 0.2) is 0 Å². The fourth-order valence-electron chi connectivity index (χ4n) is 1.60. The molecule has 66 valence electrons. The normalized spacial score (nSPS) is 10.7. The molecule has 0 spiro atoms. The van der Waals surface area contributed by atoms with Crippen LogP contribution in [0.1, 0.15) is 43.7 Å². The van der Waals surface area contributed by atoms with E-state index in [1.807, 2.05) is 0 Å². The van der Waals surface area contributed by atoms with Crippen LogP contribution in [0.4, 0.5) is 0 Å². The summed E-state index contributed by atoms with van der Waals surface area (Å²) in [6.45, 7) is 6.65. The van der Waals surface area contributed by atoms with Crippen LogP contribution < -0.4 is 0 Å². The van der Waals surface area contributed by atoms with Gasteiger partial charge in [-0.1, -0.05) is 43.7 Å². The zero-order valence-corrected chi connectivity index (χ0v) is 8.30. The standard InChI is InChI=1S/C12H18/c1-4-11(5-2)12-8-6-10(3)7-9-12/h6-9,11H,4-5H2,1-3H3. The first-order chi connectivity index (χ1) is 5.77. The lowest BCUT2D eigenvalue weighted by molar-refractivity contribution is 0.642. The van der Waals surface area contributed by atoms with Crippen molar-refractivity contribution in [3.05, 3.63) is 35.4 Å². The quantitative estimate of drug-likeness (QED) is 0.632. The van der Waals surface area contributed by atoms with E-state index in [-0.39, 0.29) is 0 Å². The van der Waals surface area contributed by atoms with E-state index >= 15 is 0 Å². The van der Waals surface area contributed by atoms with Crippen molar-refractivity contribution in [1.82, 2.24) is 0 Å². The highest BCUT2D eigenvalue weighted by Crippen LogP contribution is 2.22. The van der Waals surface area contributed by atoms with E-state index in [9.17, 15) is 0 Å². The van der Waals surface area contributed by atoms with E-state index in [0.717, 1.165) is 5.92 Å². The number of aryl methyl sites for hydroxylation is 1. The van der Waals surface area contributed by atoms with Gasteiger partial charge in [-0.2, -0.15) is 0 Å². The molecular formula is C12H18. The number of benzene rings is 1. The summed E-state index contributed by atoms with van der Waals surface area (Å²) in [5, 5.41) is 0. The molecule has 0 aliphatic carbocycles. The molecule has 0 nitrogen and oxygen atoms in total. The minimum Gasteiger partial charge on any atom is -0.0648 e. The molecule has 0 amide bonds. The minimum atomic E-state index is 0.755. The van der Waals surface area contributed by atoms with Crippen LogP contribution in [0.2, 0.25) is 0 Å². The third-order valence-electron chi connectivity index (χ3n) is 2.53. The molecule has 0 saturated heterocycles. The Balaban J connectivity index is 2.80. The van der Waals surface area contributed by atoms with Gasteiger partial charge in [0.25, 0.3) is 0 Å². The molecule has 1 rings (SSSR count). The van der Waals surface area contributed by atoms with Crippen molar-refractivity contribution in [2.45, 2.75) is 39.5 Å². The highest BCUT2D eigenvalue weighted by atomic mass is 14.1. The molecule has 0 saturated carbocycles. The van der Waals surface area contributed by atoms with Crippen molar-refractivity contribution in [3.63, 3.8) is 0 Å². The molecule has 0 aliphatic rings. The van der Waals surface area contributed by atoms with Crippen LogP contribution in [-0.4, -0.2) is 0 Å². The average molecular weight is 162 g/mol. The molecule has 0 fully saturated rings. The van der Waals surface area contributed by atoms with Gasteiger partial charge >= 0.3 is 0 Å². The molecule has 0 atom stereocenters. The summed E-state index contributed by atoms with van der Waals surface area (Å²) < 4.78 is 0. The maximum Gasteiger partial charge on any atom is -0.0167 e. The first kappa shape index (κ1) is 9.31. The summed E-state index contributed by atoms with van der Waals surface area (Å²) in [5.41, 5.74) is 2.84. The summed E-state index contributed by atoms with van der Waals surface area (Å²) in [5.74, 6) is 0.755. The summed E-state index contributed by atoms with van der Waals surface area (Å²) in [6.07, 6.45) is 2.50. The second kappa shape index (κ2) is 4.30. The Morgan fingerprint density at radius 1 is 1.00 bits per heavy atom.